The van der Waals surface area contributed by atoms with E-state index in [1.807, 2.05) is 66.3 Å². The van der Waals surface area contributed by atoms with Crippen LogP contribution in [-0.4, -0.2) is 22.8 Å². The van der Waals surface area contributed by atoms with Crippen LogP contribution in [-0.2, 0) is 13.1 Å². The number of nitrogens with one attached hydrogen (secondary N) is 1. The number of nitrogens with zero attached hydrogens (tertiary/aromatic N) is 2. The number of ether oxygens (including phenoxy) is 1. The minimum atomic E-state index is -0.235. The van der Waals surface area contributed by atoms with Gasteiger partial charge in [-0.25, -0.2) is 0 Å². The Labute approximate surface area is 162 Å². The van der Waals surface area contributed by atoms with Crippen LogP contribution < -0.4 is 10.1 Å². The number of amides is 1. The maximum atomic E-state index is 12.7. The van der Waals surface area contributed by atoms with Gasteiger partial charge in [0.05, 0.1) is 13.7 Å². The number of carbonyl (C=O) groups is 1. The van der Waals surface area contributed by atoms with Crippen molar-refractivity contribution in [2.45, 2.75) is 20.0 Å². The summed E-state index contributed by atoms with van der Waals surface area (Å²) in [6.45, 7) is 2.95. The fraction of sp³-hybridized carbons (Fsp3) is 0.182. The Bertz CT molecular complexity index is 1110. The lowest BCUT2D eigenvalue weighted by Crippen LogP contribution is -2.23. The fourth-order valence-corrected chi connectivity index (χ4v) is 3.25. The molecule has 0 atom stereocenters. The summed E-state index contributed by atoms with van der Waals surface area (Å²) in [4.78, 5) is 12.7. The summed E-state index contributed by atoms with van der Waals surface area (Å²) < 4.78 is 12.9. The molecule has 2 aromatic heterocycles. The van der Waals surface area contributed by atoms with Gasteiger partial charge in [-0.2, -0.15) is 5.10 Å². The molecule has 0 aliphatic heterocycles. The van der Waals surface area contributed by atoms with E-state index in [0.717, 1.165) is 27.8 Å². The number of hydrogen-bond acceptors (Lipinski definition) is 4. The van der Waals surface area contributed by atoms with Crippen molar-refractivity contribution < 1.29 is 13.9 Å². The number of carbonyl (C=O) groups excluding carboxylic acids is 1. The third-order valence-corrected chi connectivity index (χ3v) is 4.80. The predicted octanol–water partition coefficient (Wildman–Crippen LogP) is 3.92. The zero-order valence-electron chi connectivity index (χ0n) is 15.8. The molecule has 6 nitrogen and oxygen atoms in total. The number of benzene rings is 2. The predicted molar refractivity (Wildman–Crippen MR) is 106 cm³/mol. The van der Waals surface area contributed by atoms with Crippen molar-refractivity contribution in [1.82, 2.24) is 15.1 Å². The molecule has 0 unspecified atom stereocenters. The molecule has 1 N–H and O–H groups in total. The number of hydrogen-bond donors (Lipinski definition) is 1. The molecule has 0 bridgehead atoms. The molecule has 4 rings (SSSR count). The zero-order valence-corrected chi connectivity index (χ0v) is 15.8. The van der Waals surface area contributed by atoms with E-state index < -0.39 is 0 Å². The maximum absolute atomic E-state index is 12.7. The van der Waals surface area contributed by atoms with Crippen LogP contribution in [0.5, 0.6) is 5.75 Å². The first-order chi connectivity index (χ1) is 13.7. The van der Waals surface area contributed by atoms with Gasteiger partial charge in [0.1, 0.15) is 11.3 Å². The minimum absolute atomic E-state index is 0.235. The first-order valence-electron chi connectivity index (χ1n) is 9.05. The quantitative estimate of drug-likeness (QED) is 0.554. The van der Waals surface area contributed by atoms with E-state index in [9.17, 15) is 4.79 Å². The highest BCUT2D eigenvalue weighted by Crippen LogP contribution is 2.28. The van der Waals surface area contributed by atoms with Crippen LogP contribution in [0.3, 0.4) is 0 Å². The first kappa shape index (κ1) is 17.9. The Kier molecular flexibility index (Phi) is 4.85. The van der Waals surface area contributed by atoms with Crippen molar-refractivity contribution in [2.75, 3.05) is 7.11 Å². The molecule has 142 valence electrons. The molecule has 4 aromatic rings. The van der Waals surface area contributed by atoms with Crippen LogP contribution in [0.4, 0.5) is 0 Å². The van der Waals surface area contributed by atoms with Gasteiger partial charge < -0.3 is 14.5 Å². The van der Waals surface area contributed by atoms with Gasteiger partial charge in [0.25, 0.3) is 5.91 Å². The van der Waals surface area contributed by atoms with Crippen molar-refractivity contribution >= 4 is 16.9 Å². The van der Waals surface area contributed by atoms with Crippen LogP contribution >= 0.6 is 0 Å². The van der Waals surface area contributed by atoms with Crippen molar-refractivity contribution in [3.05, 3.63) is 83.4 Å². The first-order valence-corrected chi connectivity index (χ1v) is 9.05. The van der Waals surface area contributed by atoms with Crippen LogP contribution in [0.15, 0.2) is 65.3 Å². The molecule has 1 amide bonds. The van der Waals surface area contributed by atoms with Gasteiger partial charge in [-0.05, 0) is 42.3 Å². The molecular weight excluding hydrogens is 354 g/mol. The molecule has 0 aliphatic rings. The van der Waals surface area contributed by atoms with Gasteiger partial charge in [0, 0.05) is 29.9 Å². The van der Waals surface area contributed by atoms with Crippen LogP contribution in [0, 0.1) is 6.92 Å². The summed E-state index contributed by atoms with van der Waals surface area (Å²) in [5.74, 6) is 0.824. The smallest absolute Gasteiger partial charge is 0.287 e. The molecule has 28 heavy (non-hydrogen) atoms. The van der Waals surface area contributed by atoms with E-state index in [-0.39, 0.29) is 5.91 Å². The number of rotatable bonds is 6. The molecule has 2 aromatic carbocycles. The van der Waals surface area contributed by atoms with Gasteiger partial charge in [0.2, 0.25) is 0 Å². The Morgan fingerprint density at radius 1 is 1.18 bits per heavy atom. The molecule has 0 saturated heterocycles. The molecule has 0 fully saturated rings. The summed E-state index contributed by atoms with van der Waals surface area (Å²) in [7, 11) is 1.62. The maximum Gasteiger partial charge on any atom is 0.287 e. The Hall–Kier alpha value is -3.54. The fourth-order valence-electron chi connectivity index (χ4n) is 3.25. The molecule has 0 saturated carbocycles. The number of aromatic nitrogens is 2. The largest absolute Gasteiger partial charge is 0.497 e. The molecule has 6 heteroatoms. The lowest BCUT2D eigenvalue weighted by atomic mass is 10.1. The third-order valence-electron chi connectivity index (χ3n) is 4.80. The highest BCUT2D eigenvalue weighted by Gasteiger charge is 2.18. The van der Waals surface area contributed by atoms with Crippen LogP contribution in [0.1, 0.15) is 27.2 Å². The molecular formula is C22H21N3O3. The van der Waals surface area contributed by atoms with Crippen molar-refractivity contribution in [3.63, 3.8) is 0 Å². The zero-order chi connectivity index (χ0) is 19.5. The summed E-state index contributed by atoms with van der Waals surface area (Å²) in [6, 6.07) is 15.4. The number of furan rings is 1. The topological polar surface area (TPSA) is 69.3 Å². The Morgan fingerprint density at radius 2 is 2.00 bits per heavy atom. The SMILES string of the molecule is COc1ccc2oc(C(=O)NCc3ccccc3Cn3cccn3)c(C)c2c1. The van der Waals surface area contributed by atoms with Gasteiger partial charge in [-0.1, -0.05) is 24.3 Å². The summed E-state index contributed by atoms with van der Waals surface area (Å²) in [5, 5.41) is 8.10. The van der Waals surface area contributed by atoms with Crippen molar-refractivity contribution in [3.8, 4) is 5.75 Å². The van der Waals surface area contributed by atoms with Gasteiger partial charge in [0.15, 0.2) is 5.76 Å². The Morgan fingerprint density at radius 3 is 2.75 bits per heavy atom. The summed E-state index contributed by atoms with van der Waals surface area (Å²) in [6.07, 6.45) is 3.67. The number of aryl methyl sites for hydroxylation is 1. The Balaban J connectivity index is 1.52. The van der Waals surface area contributed by atoms with Gasteiger partial charge in [-0.15, -0.1) is 0 Å². The number of methoxy groups -OCH3 is 1. The van der Waals surface area contributed by atoms with Gasteiger partial charge in [-0.3, -0.25) is 9.48 Å². The van der Waals surface area contributed by atoms with E-state index in [0.29, 0.717) is 24.4 Å². The van der Waals surface area contributed by atoms with E-state index in [2.05, 4.69) is 10.4 Å². The molecule has 0 aliphatic carbocycles. The van der Waals surface area contributed by atoms with Crippen molar-refractivity contribution in [1.29, 1.82) is 0 Å². The van der Waals surface area contributed by atoms with E-state index in [1.54, 1.807) is 13.3 Å². The second-order valence-electron chi connectivity index (χ2n) is 6.57. The van der Waals surface area contributed by atoms with Crippen molar-refractivity contribution in [2.24, 2.45) is 0 Å². The average molecular weight is 375 g/mol. The second kappa shape index (κ2) is 7.60. The number of fused-ring (bicyclic) bond motifs is 1. The normalized spacial score (nSPS) is 10.9. The lowest BCUT2D eigenvalue weighted by molar-refractivity contribution is 0.0924. The second-order valence-corrected chi connectivity index (χ2v) is 6.57. The highest BCUT2D eigenvalue weighted by atomic mass is 16.5. The van der Waals surface area contributed by atoms with E-state index in [4.69, 9.17) is 9.15 Å². The minimum Gasteiger partial charge on any atom is -0.497 e. The van der Waals surface area contributed by atoms with E-state index >= 15 is 0 Å². The summed E-state index contributed by atoms with van der Waals surface area (Å²) >= 11 is 0. The van der Waals surface area contributed by atoms with E-state index in [1.165, 1.54) is 0 Å². The van der Waals surface area contributed by atoms with Crippen LogP contribution in [0.2, 0.25) is 0 Å². The van der Waals surface area contributed by atoms with Gasteiger partial charge >= 0.3 is 0 Å². The summed E-state index contributed by atoms with van der Waals surface area (Å²) in [5.41, 5.74) is 3.62. The molecule has 2 heterocycles. The average Bonchev–Trinajstić information content (AvgIpc) is 3.35. The highest BCUT2D eigenvalue weighted by molar-refractivity contribution is 5.99. The monoisotopic (exact) mass is 375 g/mol. The molecule has 0 spiro atoms. The van der Waals surface area contributed by atoms with Crippen LogP contribution in [0.25, 0.3) is 11.0 Å². The molecule has 0 radical (unpaired) electrons. The third kappa shape index (κ3) is 3.49. The standard InChI is InChI=1S/C22H21N3O3/c1-15-19-12-18(27-2)8-9-20(19)28-21(15)22(26)23-13-16-6-3-4-7-17(16)14-25-11-5-10-24-25/h3-12H,13-14H2,1-2H3,(H,23,26). The lowest BCUT2D eigenvalue weighted by Gasteiger charge is -2.10.